The first-order valence-corrected chi connectivity index (χ1v) is 8.18. The molecule has 6 heteroatoms. The molecule has 22 heavy (non-hydrogen) atoms. The Morgan fingerprint density at radius 2 is 2.23 bits per heavy atom. The van der Waals surface area contributed by atoms with Gasteiger partial charge in [0.1, 0.15) is 5.56 Å². The molecule has 0 bridgehead atoms. The van der Waals surface area contributed by atoms with Gasteiger partial charge < -0.3 is 9.14 Å². The third-order valence-corrected chi connectivity index (χ3v) is 4.78. The number of halogens is 1. The molecule has 0 saturated heterocycles. The molecule has 0 fully saturated rings. The minimum atomic E-state index is -0.373. The van der Waals surface area contributed by atoms with Crippen LogP contribution in [0.3, 0.4) is 0 Å². The zero-order valence-electron chi connectivity index (χ0n) is 12.5. The van der Waals surface area contributed by atoms with Crippen LogP contribution in [0.25, 0.3) is 16.1 Å². The van der Waals surface area contributed by atoms with Gasteiger partial charge in [-0.25, -0.2) is 9.78 Å². The zero-order valence-corrected chi connectivity index (χ0v) is 14.1. The number of thiophene rings is 1. The second-order valence-electron chi connectivity index (χ2n) is 4.97. The smallest absolute Gasteiger partial charge is 0.342 e. The first-order chi connectivity index (χ1) is 10.5. The Hall–Kier alpha value is -1.85. The molecule has 0 saturated carbocycles. The van der Waals surface area contributed by atoms with Crippen LogP contribution in [0, 0.1) is 13.8 Å². The third kappa shape index (κ3) is 2.40. The largest absolute Gasteiger partial charge is 0.462 e. The molecule has 0 radical (unpaired) electrons. The number of ether oxygens (including phenoxy) is 1. The maximum atomic E-state index is 12.5. The van der Waals surface area contributed by atoms with Crippen molar-refractivity contribution in [1.29, 1.82) is 0 Å². The highest BCUT2D eigenvalue weighted by atomic mass is 35.5. The SMILES string of the molecule is CCOC(=O)c1c(-c2sccc2Cl)cn2c(C)cc(C)nc12. The molecule has 0 unspecified atom stereocenters. The van der Waals surface area contributed by atoms with Crippen LogP contribution < -0.4 is 0 Å². The number of aromatic nitrogens is 2. The average molecular weight is 335 g/mol. The molecular weight excluding hydrogens is 320 g/mol. The Morgan fingerprint density at radius 3 is 2.86 bits per heavy atom. The molecule has 114 valence electrons. The van der Waals surface area contributed by atoms with Gasteiger partial charge in [-0.05, 0) is 38.3 Å². The number of esters is 1. The zero-order chi connectivity index (χ0) is 15.9. The lowest BCUT2D eigenvalue weighted by atomic mass is 10.1. The van der Waals surface area contributed by atoms with Crippen LogP contribution in [0.4, 0.5) is 0 Å². The second kappa shape index (κ2) is 5.74. The van der Waals surface area contributed by atoms with E-state index in [-0.39, 0.29) is 5.97 Å². The summed E-state index contributed by atoms with van der Waals surface area (Å²) < 4.78 is 7.13. The quantitative estimate of drug-likeness (QED) is 0.662. The minimum Gasteiger partial charge on any atom is -0.462 e. The molecule has 0 aromatic carbocycles. The Morgan fingerprint density at radius 1 is 1.45 bits per heavy atom. The Labute approximate surface area is 137 Å². The monoisotopic (exact) mass is 334 g/mol. The molecule has 0 atom stereocenters. The summed E-state index contributed by atoms with van der Waals surface area (Å²) in [5.74, 6) is -0.373. The maximum Gasteiger partial charge on any atom is 0.342 e. The van der Waals surface area contributed by atoms with E-state index in [1.807, 2.05) is 42.0 Å². The van der Waals surface area contributed by atoms with Crippen LogP contribution in [-0.4, -0.2) is 22.0 Å². The molecule has 3 aromatic heterocycles. The molecule has 0 aliphatic heterocycles. The number of rotatable bonds is 3. The van der Waals surface area contributed by atoms with Crippen LogP contribution in [0.2, 0.25) is 5.02 Å². The fraction of sp³-hybridized carbons (Fsp3) is 0.250. The van der Waals surface area contributed by atoms with Gasteiger partial charge in [-0.1, -0.05) is 11.6 Å². The van der Waals surface area contributed by atoms with Crippen molar-refractivity contribution in [2.24, 2.45) is 0 Å². The van der Waals surface area contributed by atoms with Gasteiger partial charge in [0.2, 0.25) is 0 Å². The summed E-state index contributed by atoms with van der Waals surface area (Å²) in [5, 5.41) is 2.53. The van der Waals surface area contributed by atoms with E-state index in [0.29, 0.717) is 22.8 Å². The number of fused-ring (bicyclic) bond motifs is 1. The fourth-order valence-electron chi connectivity index (χ4n) is 2.51. The highest BCUT2D eigenvalue weighted by Crippen LogP contribution is 2.38. The van der Waals surface area contributed by atoms with Crippen molar-refractivity contribution in [1.82, 2.24) is 9.38 Å². The molecule has 0 aliphatic rings. The van der Waals surface area contributed by atoms with E-state index in [2.05, 4.69) is 4.98 Å². The first kappa shape index (κ1) is 15.1. The average Bonchev–Trinajstić information content (AvgIpc) is 3.02. The third-order valence-electron chi connectivity index (χ3n) is 3.40. The number of carbonyl (C=O) groups is 1. The van der Waals surface area contributed by atoms with Crippen LogP contribution in [-0.2, 0) is 4.74 Å². The fourth-order valence-corrected chi connectivity index (χ4v) is 3.68. The van der Waals surface area contributed by atoms with Gasteiger partial charge in [0.25, 0.3) is 0 Å². The molecule has 4 nitrogen and oxygen atoms in total. The standard InChI is InChI=1S/C16H15ClN2O2S/c1-4-21-16(20)13-11(14-12(17)5-6-22-14)8-19-10(3)7-9(2)18-15(13)19/h5-8H,4H2,1-3H3. The van der Waals surface area contributed by atoms with Crippen LogP contribution >= 0.6 is 22.9 Å². The number of carbonyl (C=O) groups excluding carboxylic acids is 1. The van der Waals surface area contributed by atoms with E-state index in [1.165, 1.54) is 11.3 Å². The summed E-state index contributed by atoms with van der Waals surface area (Å²) in [6.45, 7) is 6.00. The van der Waals surface area contributed by atoms with Crippen molar-refractivity contribution in [3.63, 3.8) is 0 Å². The van der Waals surface area contributed by atoms with Crippen molar-refractivity contribution in [3.8, 4) is 10.4 Å². The van der Waals surface area contributed by atoms with Crippen molar-refractivity contribution in [3.05, 3.63) is 45.7 Å². The Kier molecular flexibility index (Phi) is 3.93. The van der Waals surface area contributed by atoms with Gasteiger partial charge in [0, 0.05) is 23.1 Å². The van der Waals surface area contributed by atoms with Crippen molar-refractivity contribution in [2.45, 2.75) is 20.8 Å². The van der Waals surface area contributed by atoms with Gasteiger partial charge in [-0.2, -0.15) is 0 Å². The molecule has 3 heterocycles. The molecule has 0 amide bonds. The van der Waals surface area contributed by atoms with Crippen LogP contribution in [0.5, 0.6) is 0 Å². The number of hydrogen-bond donors (Lipinski definition) is 0. The van der Waals surface area contributed by atoms with E-state index in [1.54, 1.807) is 6.92 Å². The normalized spacial score (nSPS) is 11.1. The molecule has 0 aliphatic carbocycles. The predicted octanol–water partition coefficient (Wildman–Crippen LogP) is 4.51. The van der Waals surface area contributed by atoms with Crippen molar-refractivity contribution >= 4 is 34.6 Å². The Balaban J connectivity index is 2.36. The number of nitrogens with zero attached hydrogens (tertiary/aromatic N) is 2. The van der Waals surface area contributed by atoms with Gasteiger partial charge in [0.15, 0.2) is 5.65 Å². The minimum absolute atomic E-state index is 0.318. The van der Waals surface area contributed by atoms with Crippen molar-refractivity contribution < 1.29 is 9.53 Å². The lowest BCUT2D eigenvalue weighted by Gasteiger charge is -2.05. The van der Waals surface area contributed by atoms with Crippen LogP contribution in [0.15, 0.2) is 23.7 Å². The molecular formula is C16H15ClN2O2S. The van der Waals surface area contributed by atoms with Crippen molar-refractivity contribution in [2.75, 3.05) is 6.61 Å². The summed E-state index contributed by atoms with van der Waals surface area (Å²) in [6.07, 6.45) is 1.90. The molecule has 0 N–H and O–H groups in total. The number of hydrogen-bond acceptors (Lipinski definition) is 4. The highest BCUT2D eigenvalue weighted by molar-refractivity contribution is 7.14. The van der Waals surface area contributed by atoms with Crippen LogP contribution in [0.1, 0.15) is 28.7 Å². The second-order valence-corrected chi connectivity index (χ2v) is 6.29. The van der Waals surface area contributed by atoms with Gasteiger partial charge >= 0.3 is 5.97 Å². The van der Waals surface area contributed by atoms with E-state index in [9.17, 15) is 4.79 Å². The van der Waals surface area contributed by atoms with Gasteiger partial charge in [-0.3, -0.25) is 0 Å². The van der Waals surface area contributed by atoms with Gasteiger partial charge in [-0.15, -0.1) is 11.3 Å². The summed E-state index contributed by atoms with van der Waals surface area (Å²) in [5.41, 5.74) is 3.71. The Bertz CT molecular complexity index is 867. The lowest BCUT2D eigenvalue weighted by Crippen LogP contribution is -2.07. The van der Waals surface area contributed by atoms with E-state index < -0.39 is 0 Å². The molecule has 3 rings (SSSR count). The topological polar surface area (TPSA) is 43.6 Å². The van der Waals surface area contributed by atoms with E-state index in [4.69, 9.17) is 16.3 Å². The molecule has 0 spiro atoms. The summed E-state index contributed by atoms with van der Waals surface area (Å²) in [4.78, 5) is 17.8. The number of aryl methyl sites for hydroxylation is 2. The summed E-state index contributed by atoms with van der Waals surface area (Å²) >= 11 is 7.75. The summed E-state index contributed by atoms with van der Waals surface area (Å²) in [7, 11) is 0. The predicted molar refractivity (Wildman–Crippen MR) is 88.9 cm³/mol. The molecule has 3 aromatic rings. The van der Waals surface area contributed by atoms with E-state index in [0.717, 1.165) is 21.8 Å². The van der Waals surface area contributed by atoms with E-state index >= 15 is 0 Å². The first-order valence-electron chi connectivity index (χ1n) is 6.92. The summed E-state index contributed by atoms with van der Waals surface area (Å²) in [6, 6.07) is 3.80. The maximum absolute atomic E-state index is 12.5. The van der Waals surface area contributed by atoms with Gasteiger partial charge in [0.05, 0.1) is 16.5 Å². The lowest BCUT2D eigenvalue weighted by molar-refractivity contribution is 0.0529. The highest BCUT2D eigenvalue weighted by Gasteiger charge is 2.24.